The molecular formula is C21H24N2O. The highest BCUT2D eigenvalue weighted by atomic mass is 16.2. The number of nitrogens with zero attached hydrogens (tertiary/aromatic N) is 2. The molecule has 3 nitrogen and oxygen atoms in total. The van der Waals surface area contributed by atoms with Gasteiger partial charge in [-0.05, 0) is 29.5 Å². The predicted octanol–water partition coefficient (Wildman–Crippen LogP) is 3.26. The van der Waals surface area contributed by atoms with Gasteiger partial charge in [-0.1, -0.05) is 54.6 Å². The van der Waals surface area contributed by atoms with Gasteiger partial charge in [0.05, 0.1) is 6.54 Å². The Balaban J connectivity index is 1.57. The van der Waals surface area contributed by atoms with Crippen LogP contribution in [0.1, 0.15) is 35.4 Å². The van der Waals surface area contributed by atoms with Crippen molar-refractivity contribution in [1.82, 2.24) is 9.80 Å². The van der Waals surface area contributed by atoms with Gasteiger partial charge in [-0.25, -0.2) is 0 Å². The van der Waals surface area contributed by atoms with Crippen molar-refractivity contribution in [2.24, 2.45) is 0 Å². The molecule has 0 aromatic heterocycles. The van der Waals surface area contributed by atoms with E-state index < -0.39 is 0 Å². The average Bonchev–Trinajstić information content (AvgIpc) is 3.17. The molecule has 0 aliphatic carbocycles. The Hall–Kier alpha value is -2.13. The maximum Gasteiger partial charge on any atom is 0.236 e. The quantitative estimate of drug-likeness (QED) is 0.867. The van der Waals surface area contributed by atoms with Crippen molar-refractivity contribution >= 4 is 5.91 Å². The molecule has 2 aliphatic heterocycles. The van der Waals surface area contributed by atoms with Gasteiger partial charge in [0.25, 0.3) is 0 Å². The molecule has 124 valence electrons. The van der Waals surface area contributed by atoms with Crippen LogP contribution < -0.4 is 0 Å². The Bertz CT molecular complexity index is 707. The highest BCUT2D eigenvalue weighted by Gasteiger charge is 2.28. The van der Waals surface area contributed by atoms with Crippen molar-refractivity contribution in [2.45, 2.75) is 25.3 Å². The van der Waals surface area contributed by atoms with E-state index in [1.165, 1.54) is 16.7 Å². The van der Waals surface area contributed by atoms with E-state index in [9.17, 15) is 4.79 Å². The summed E-state index contributed by atoms with van der Waals surface area (Å²) < 4.78 is 0. The van der Waals surface area contributed by atoms with E-state index in [4.69, 9.17) is 0 Å². The number of hydrogen-bond donors (Lipinski definition) is 0. The second kappa shape index (κ2) is 6.78. The number of benzene rings is 2. The summed E-state index contributed by atoms with van der Waals surface area (Å²) in [6.45, 7) is 4.20. The Morgan fingerprint density at radius 3 is 2.46 bits per heavy atom. The summed E-state index contributed by atoms with van der Waals surface area (Å²) in [5.41, 5.74) is 4.10. The molecule has 2 heterocycles. The number of carbonyl (C=O) groups is 1. The standard InChI is InChI=1S/C21H24N2O/c24-21(23-12-6-7-13-23)16-22-14-18-10-4-5-11-19(18)20(15-22)17-8-2-1-3-9-17/h1-5,8-11,20H,6-7,12-16H2. The summed E-state index contributed by atoms with van der Waals surface area (Å²) in [5, 5.41) is 0. The Morgan fingerprint density at radius 2 is 1.67 bits per heavy atom. The number of fused-ring (bicyclic) bond motifs is 1. The van der Waals surface area contributed by atoms with Crippen molar-refractivity contribution in [2.75, 3.05) is 26.2 Å². The van der Waals surface area contributed by atoms with Crippen LogP contribution in [0.25, 0.3) is 0 Å². The van der Waals surface area contributed by atoms with E-state index in [-0.39, 0.29) is 0 Å². The van der Waals surface area contributed by atoms with E-state index in [1.807, 2.05) is 4.90 Å². The lowest BCUT2D eigenvalue weighted by Gasteiger charge is -2.35. The second-order valence-electron chi connectivity index (χ2n) is 6.92. The second-order valence-corrected chi connectivity index (χ2v) is 6.92. The zero-order valence-electron chi connectivity index (χ0n) is 14.0. The number of carbonyl (C=O) groups excluding carboxylic acids is 1. The first-order chi connectivity index (χ1) is 11.8. The Morgan fingerprint density at radius 1 is 0.958 bits per heavy atom. The predicted molar refractivity (Wildman–Crippen MR) is 95.8 cm³/mol. The molecule has 1 atom stereocenters. The molecule has 24 heavy (non-hydrogen) atoms. The summed E-state index contributed by atoms with van der Waals surface area (Å²) in [6.07, 6.45) is 2.31. The lowest BCUT2D eigenvalue weighted by atomic mass is 9.84. The molecule has 1 fully saturated rings. The minimum Gasteiger partial charge on any atom is -0.342 e. The summed E-state index contributed by atoms with van der Waals surface area (Å²) in [6, 6.07) is 19.4. The first-order valence-electron chi connectivity index (χ1n) is 8.94. The Labute approximate surface area is 143 Å². The van der Waals surface area contributed by atoms with Gasteiger partial charge in [0, 0.05) is 32.1 Å². The SMILES string of the molecule is O=C(CN1Cc2ccccc2C(c2ccccc2)C1)N1CCCC1. The van der Waals surface area contributed by atoms with Crippen molar-refractivity contribution in [3.8, 4) is 0 Å². The van der Waals surface area contributed by atoms with Crippen LogP contribution in [0.4, 0.5) is 0 Å². The van der Waals surface area contributed by atoms with Gasteiger partial charge in [0.2, 0.25) is 5.91 Å². The van der Waals surface area contributed by atoms with Crippen molar-refractivity contribution in [3.63, 3.8) is 0 Å². The molecule has 2 aromatic carbocycles. The summed E-state index contributed by atoms with van der Waals surface area (Å²) >= 11 is 0. The fourth-order valence-electron chi connectivity index (χ4n) is 4.03. The van der Waals surface area contributed by atoms with Crippen LogP contribution in [0.5, 0.6) is 0 Å². The molecule has 3 heteroatoms. The highest BCUT2D eigenvalue weighted by molar-refractivity contribution is 5.78. The molecule has 1 unspecified atom stereocenters. The van der Waals surface area contributed by atoms with E-state index >= 15 is 0 Å². The van der Waals surface area contributed by atoms with Crippen LogP contribution in [0.15, 0.2) is 54.6 Å². The maximum absolute atomic E-state index is 12.6. The Kier molecular flexibility index (Phi) is 4.35. The van der Waals surface area contributed by atoms with Crippen molar-refractivity contribution in [3.05, 3.63) is 71.3 Å². The zero-order valence-corrected chi connectivity index (χ0v) is 14.0. The molecule has 0 spiro atoms. The molecule has 4 rings (SSSR count). The third kappa shape index (κ3) is 3.09. The normalized spacial score (nSPS) is 20.8. The van der Waals surface area contributed by atoms with Crippen LogP contribution >= 0.6 is 0 Å². The monoisotopic (exact) mass is 320 g/mol. The number of rotatable bonds is 3. The number of amides is 1. The van der Waals surface area contributed by atoms with E-state index in [1.54, 1.807) is 0 Å². The van der Waals surface area contributed by atoms with E-state index in [0.717, 1.165) is 39.0 Å². The first-order valence-corrected chi connectivity index (χ1v) is 8.94. The lowest BCUT2D eigenvalue weighted by molar-refractivity contribution is -0.131. The third-order valence-electron chi connectivity index (χ3n) is 5.28. The van der Waals surface area contributed by atoms with Gasteiger partial charge < -0.3 is 4.90 Å². The minimum atomic E-state index is 0.290. The van der Waals surface area contributed by atoms with Crippen molar-refractivity contribution in [1.29, 1.82) is 0 Å². The van der Waals surface area contributed by atoms with Gasteiger partial charge in [-0.2, -0.15) is 0 Å². The topological polar surface area (TPSA) is 23.6 Å². The molecule has 0 radical (unpaired) electrons. The number of likely N-dealkylation sites (tertiary alicyclic amines) is 1. The van der Waals surface area contributed by atoms with Crippen LogP contribution in [0, 0.1) is 0 Å². The smallest absolute Gasteiger partial charge is 0.236 e. The summed E-state index contributed by atoms with van der Waals surface area (Å²) in [7, 11) is 0. The van der Waals surface area contributed by atoms with Crippen LogP contribution in [0.2, 0.25) is 0 Å². The molecule has 0 bridgehead atoms. The molecule has 2 aromatic rings. The van der Waals surface area contributed by atoms with Gasteiger partial charge in [0.1, 0.15) is 0 Å². The average molecular weight is 320 g/mol. The maximum atomic E-state index is 12.6. The van der Waals surface area contributed by atoms with Gasteiger partial charge in [-0.15, -0.1) is 0 Å². The fraction of sp³-hybridized carbons (Fsp3) is 0.381. The van der Waals surface area contributed by atoms with Crippen LogP contribution in [-0.2, 0) is 11.3 Å². The summed E-state index contributed by atoms with van der Waals surface area (Å²) in [4.78, 5) is 16.9. The minimum absolute atomic E-state index is 0.290. The first kappa shape index (κ1) is 15.4. The van der Waals surface area contributed by atoms with E-state index in [2.05, 4.69) is 59.5 Å². The number of hydrogen-bond acceptors (Lipinski definition) is 2. The molecule has 0 saturated carbocycles. The fourth-order valence-corrected chi connectivity index (χ4v) is 4.03. The lowest BCUT2D eigenvalue weighted by Crippen LogP contribution is -2.42. The molecule has 1 saturated heterocycles. The molecular weight excluding hydrogens is 296 g/mol. The molecule has 1 amide bonds. The van der Waals surface area contributed by atoms with Gasteiger partial charge in [-0.3, -0.25) is 9.69 Å². The van der Waals surface area contributed by atoms with Crippen LogP contribution in [0.3, 0.4) is 0 Å². The third-order valence-corrected chi connectivity index (χ3v) is 5.28. The largest absolute Gasteiger partial charge is 0.342 e. The zero-order chi connectivity index (χ0) is 16.4. The van der Waals surface area contributed by atoms with Gasteiger partial charge in [0.15, 0.2) is 0 Å². The van der Waals surface area contributed by atoms with Crippen LogP contribution in [-0.4, -0.2) is 41.9 Å². The highest BCUT2D eigenvalue weighted by Crippen LogP contribution is 2.33. The van der Waals surface area contributed by atoms with E-state index in [0.29, 0.717) is 18.4 Å². The molecule has 0 N–H and O–H groups in total. The molecule has 2 aliphatic rings. The summed E-state index contributed by atoms with van der Waals surface area (Å²) in [5.74, 6) is 0.640. The van der Waals surface area contributed by atoms with Gasteiger partial charge >= 0.3 is 0 Å². The van der Waals surface area contributed by atoms with Crippen molar-refractivity contribution < 1.29 is 4.79 Å².